The molecule has 94 valence electrons. The highest BCUT2D eigenvalue weighted by Crippen LogP contribution is 2.06. The molecule has 1 atom stereocenters. The molecule has 0 aliphatic carbocycles. The lowest BCUT2D eigenvalue weighted by Crippen LogP contribution is -2.49. The summed E-state index contributed by atoms with van der Waals surface area (Å²) in [7, 11) is 3.43. The molecule has 0 aliphatic rings. The second-order valence-electron chi connectivity index (χ2n) is 3.88. The summed E-state index contributed by atoms with van der Waals surface area (Å²) in [4.78, 5) is 13.5. The van der Waals surface area contributed by atoms with Gasteiger partial charge in [-0.25, -0.2) is 5.84 Å². The van der Waals surface area contributed by atoms with Gasteiger partial charge in [0.2, 0.25) is 0 Å². The van der Waals surface area contributed by atoms with E-state index in [1.807, 2.05) is 42.3 Å². The zero-order valence-corrected chi connectivity index (χ0v) is 10.2. The predicted molar refractivity (Wildman–Crippen MR) is 65.9 cm³/mol. The number of nitrogens with two attached hydrogens (primary N) is 1. The van der Waals surface area contributed by atoms with Crippen LogP contribution in [0.4, 0.5) is 0 Å². The van der Waals surface area contributed by atoms with Crippen molar-refractivity contribution in [3.8, 4) is 0 Å². The van der Waals surface area contributed by atoms with Gasteiger partial charge >= 0.3 is 0 Å². The fourth-order valence-electron chi connectivity index (χ4n) is 1.64. The molecule has 1 rings (SSSR count). The minimum Gasteiger partial charge on any atom is -0.383 e. The van der Waals surface area contributed by atoms with Gasteiger partial charge in [-0.3, -0.25) is 15.1 Å². The lowest BCUT2D eigenvalue weighted by atomic mass is 10.2. The summed E-state index contributed by atoms with van der Waals surface area (Å²) in [5, 5.41) is 0. The smallest absolute Gasteiger partial charge is 0.253 e. The Labute approximate surface area is 102 Å². The Bertz CT molecular complexity index is 343. The number of carbonyl (C=O) groups excluding carboxylic acids is 1. The SMILES string of the molecule is COCC(C(=O)NN)N(C)Cc1ccccc1. The largest absolute Gasteiger partial charge is 0.383 e. The van der Waals surface area contributed by atoms with E-state index in [4.69, 9.17) is 10.6 Å². The molecule has 1 amide bonds. The summed E-state index contributed by atoms with van der Waals surface area (Å²) in [6, 6.07) is 9.55. The standard InChI is InChI=1S/C12H19N3O2/c1-15(8-10-6-4-3-5-7-10)11(9-17-2)12(16)14-13/h3-7,11H,8-9,13H2,1-2H3,(H,14,16). The number of nitrogens with one attached hydrogen (secondary N) is 1. The van der Waals surface area contributed by atoms with Gasteiger partial charge in [0.15, 0.2) is 0 Å². The number of benzene rings is 1. The van der Waals surface area contributed by atoms with Crippen LogP contribution in [0.3, 0.4) is 0 Å². The first-order valence-electron chi connectivity index (χ1n) is 5.42. The number of hydrogen-bond acceptors (Lipinski definition) is 4. The average Bonchev–Trinajstić information content (AvgIpc) is 2.36. The van der Waals surface area contributed by atoms with Crippen molar-refractivity contribution in [2.45, 2.75) is 12.6 Å². The van der Waals surface area contributed by atoms with Gasteiger partial charge in [-0.2, -0.15) is 0 Å². The minimum absolute atomic E-state index is 0.245. The molecular weight excluding hydrogens is 218 g/mol. The third-order valence-electron chi connectivity index (χ3n) is 2.58. The molecule has 0 saturated carbocycles. The third-order valence-corrected chi connectivity index (χ3v) is 2.58. The summed E-state index contributed by atoms with van der Waals surface area (Å²) in [6.07, 6.45) is 0. The van der Waals surface area contributed by atoms with Crippen molar-refractivity contribution < 1.29 is 9.53 Å². The predicted octanol–water partition coefficient (Wildman–Crippen LogP) is 0.123. The molecule has 0 bridgehead atoms. The van der Waals surface area contributed by atoms with E-state index in [-0.39, 0.29) is 11.9 Å². The minimum atomic E-state index is -0.384. The molecule has 1 unspecified atom stereocenters. The van der Waals surface area contributed by atoms with Crippen LogP contribution in [0.5, 0.6) is 0 Å². The second-order valence-corrected chi connectivity index (χ2v) is 3.88. The van der Waals surface area contributed by atoms with Gasteiger partial charge in [-0.15, -0.1) is 0 Å². The maximum absolute atomic E-state index is 11.6. The molecule has 3 N–H and O–H groups in total. The zero-order chi connectivity index (χ0) is 12.7. The second kappa shape index (κ2) is 7.01. The van der Waals surface area contributed by atoms with E-state index in [0.29, 0.717) is 13.2 Å². The summed E-state index contributed by atoms with van der Waals surface area (Å²) in [5.41, 5.74) is 3.30. The molecule has 17 heavy (non-hydrogen) atoms. The number of hydrogen-bond donors (Lipinski definition) is 2. The molecule has 0 heterocycles. The van der Waals surface area contributed by atoms with Crippen molar-refractivity contribution in [1.29, 1.82) is 0 Å². The van der Waals surface area contributed by atoms with Gasteiger partial charge in [0.05, 0.1) is 6.61 Å². The van der Waals surface area contributed by atoms with Gasteiger partial charge in [-0.05, 0) is 12.6 Å². The third kappa shape index (κ3) is 4.14. The van der Waals surface area contributed by atoms with Crippen LogP contribution in [0.15, 0.2) is 30.3 Å². The van der Waals surface area contributed by atoms with E-state index in [0.717, 1.165) is 5.56 Å². The van der Waals surface area contributed by atoms with Crippen molar-refractivity contribution >= 4 is 5.91 Å². The van der Waals surface area contributed by atoms with Crippen molar-refractivity contribution in [2.75, 3.05) is 20.8 Å². The topological polar surface area (TPSA) is 67.6 Å². The van der Waals surface area contributed by atoms with E-state index in [1.54, 1.807) is 7.11 Å². The lowest BCUT2D eigenvalue weighted by Gasteiger charge is -2.25. The van der Waals surface area contributed by atoms with Crippen molar-refractivity contribution in [3.63, 3.8) is 0 Å². The van der Waals surface area contributed by atoms with Gasteiger partial charge in [0.25, 0.3) is 5.91 Å². The van der Waals surface area contributed by atoms with Crippen LogP contribution in [0.2, 0.25) is 0 Å². The van der Waals surface area contributed by atoms with E-state index < -0.39 is 0 Å². The summed E-state index contributed by atoms with van der Waals surface area (Å²) >= 11 is 0. The first-order valence-corrected chi connectivity index (χ1v) is 5.42. The van der Waals surface area contributed by atoms with Gasteiger partial charge in [0.1, 0.15) is 6.04 Å². The fourth-order valence-corrected chi connectivity index (χ4v) is 1.64. The molecule has 0 saturated heterocycles. The first-order chi connectivity index (χ1) is 8.19. The van der Waals surface area contributed by atoms with E-state index in [1.165, 1.54) is 0 Å². The number of nitrogens with zero attached hydrogens (tertiary/aromatic N) is 1. The van der Waals surface area contributed by atoms with Gasteiger partial charge in [0, 0.05) is 13.7 Å². The number of likely N-dealkylation sites (N-methyl/N-ethyl adjacent to an activating group) is 1. The van der Waals surface area contributed by atoms with E-state index in [2.05, 4.69) is 5.43 Å². The summed E-state index contributed by atoms with van der Waals surface area (Å²) < 4.78 is 5.03. The molecule has 0 fully saturated rings. The number of methoxy groups -OCH3 is 1. The molecule has 5 heteroatoms. The maximum atomic E-state index is 11.6. The Morgan fingerprint density at radius 3 is 2.65 bits per heavy atom. The van der Waals surface area contributed by atoms with E-state index >= 15 is 0 Å². The number of rotatable bonds is 6. The molecule has 0 radical (unpaired) electrons. The van der Waals surface area contributed by atoms with Crippen molar-refractivity contribution in [3.05, 3.63) is 35.9 Å². The normalized spacial score (nSPS) is 12.5. The van der Waals surface area contributed by atoms with Crippen LogP contribution in [0.25, 0.3) is 0 Å². The Hall–Kier alpha value is -1.43. The highest BCUT2D eigenvalue weighted by molar-refractivity contribution is 5.81. The first kappa shape index (κ1) is 13.6. The number of amides is 1. The quantitative estimate of drug-likeness (QED) is 0.419. The zero-order valence-electron chi connectivity index (χ0n) is 10.2. The molecule has 1 aromatic carbocycles. The van der Waals surface area contributed by atoms with Crippen LogP contribution in [0, 0.1) is 0 Å². The number of hydrazine groups is 1. The Morgan fingerprint density at radius 2 is 2.12 bits per heavy atom. The Kier molecular flexibility index (Phi) is 5.62. The number of ether oxygens (including phenoxy) is 1. The molecule has 5 nitrogen and oxygen atoms in total. The highest BCUT2D eigenvalue weighted by Gasteiger charge is 2.22. The summed E-state index contributed by atoms with van der Waals surface area (Å²) in [6.45, 7) is 0.981. The van der Waals surface area contributed by atoms with Crippen molar-refractivity contribution in [2.24, 2.45) is 5.84 Å². The van der Waals surface area contributed by atoms with Crippen molar-refractivity contribution in [1.82, 2.24) is 10.3 Å². The molecular formula is C12H19N3O2. The highest BCUT2D eigenvalue weighted by atomic mass is 16.5. The molecule has 0 aromatic heterocycles. The molecule has 1 aromatic rings. The van der Waals surface area contributed by atoms with Crippen LogP contribution < -0.4 is 11.3 Å². The molecule has 0 spiro atoms. The monoisotopic (exact) mass is 237 g/mol. The molecule has 0 aliphatic heterocycles. The number of carbonyl (C=O) groups is 1. The summed E-state index contributed by atoms with van der Waals surface area (Å²) in [5.74, 6) is 4.91. The van der Waals surface area contributed by atoms with Crippen LogP contribution in [0.1, 0.15) is 5.56 Å². The fraction of sp³-hybridized carbons (Fsp3) is 0.417. The van der Waals surface area contributed by atoms with Gasteiger partial charge < -0.3 is 4.74 Å². The average molecular weight is 237 g/mol. The van der Waals surface area contributed by atoms with Crippen LogP contribution in [-0.4, -0.2) is 37.6 Å². The lowest BCUT2D eigenvalue weighted by molar-refractivity contribution is -0.128. The van der Waals surface area contributed by atoms with Crippen LogP contribution in [-0.2, 0) is 16.1 Å². The van der Waals surface area contributed by atoms with E-state index in [9.17, 15) is 4.79 Å². The van der Waals surface area contributed by atoms with Gasteiger partial charge in [-0.1, -0.05) is 30.3 Å². The maximum Gasteiger partial charge on any atom is 0.253 e. The van der Waals surface area contributed by atoms with Crippen LogP contribution >= 0.6 is 0 Å². The Morgan fingerprint density at radius 1 is 1.47 bits per heavy atom. The Balaban J connectivity index is 2.65.